The third kappa shape index (κ3) is 6.68. The fourth-order valence-corrected chi connectivity index (χ4v) is 6.55. The van der Waals surface area contributed by atoms with Crippen LogP contribution in [0.1, 0.15) is 73.5 Å². The molecule has 9 heteroatoms. The van der Waals surface area contributed by atoms with E-state index in [0.717, 1.165) is 91.2 Å². The van der Waals surface area contributed by atoms with Gasteiger partial charge in [0.15, 0.2) is 0 Å². The number of fused-ring (bicyclic) bond motifs is 2. The van der Waals surface area contributed by atoms with E-state index in [1.165, 1.54) is 5.56 Å². The van der Waals surface area contributed by atoms with Gasteiger partial charge in [0, 0.05) is 62.2 Å². The highest BCUT2D eigenvalue weighted by Crippen LogP contribution is 2.40. The Balaban J connectivity index is 1.17. The number of aryl methyl sites for hydroxylation is 2. The molecular formula is C33H47N3O6. The van der Waals surface area contributed by atoms with Gasteiger partial charge >= 0.3 is 5.97 Å². The van der Waals surface area contributed by atoms with Crippen LogP contribution in [-0.2, 0) is 33.5 Å². The number of carboxylic acid groups (broad SMARTS) is 1. The molecule has 0 saturated carbocycles. The van der Waals surface area contributed by atoms with Crippen LogP contribution in [-0.4, -0.2) is 79.7 Å². The Labute approximate surface area is 249 Å². The normalized spacial score (nSPS) is 21.2. The van der Waals surface area contributed by atoms with E-state index in [-0.39, 0.29) is 17.6 Å². The zero-order valence-electron chi connectivity index (χ0n) is 25.8. The molecule has 0 amide bonds. The molecule has 0 spiro atoms. The minimum Gasteiger partial charge on any atom is -0.496 e. The number of anilines is 1. The van der Waals surface area contributed by atoms with E-state index in [4.69, 9.17) is 23.9 Å². The lowest BCUT2D eigenvalue weighted by Gasteiger charge is -2.38. The second-order valence-electron chi connectivity index (χ2n) is 12.5. The van der Waals surface area contributed by atoms with Gasteiger partial charge in [0.25, 0.3) is 0 Å². The quantitative estimate of drug-likeness (QED) is 0.336. The fraction of sp³-hybridized carbons (Fsp3) is 0.636. The van der Waals surface area contributed by atoms with Gasteiger partial charge in [-0.3, -0.25) is 9.69 Å². The van der Waals surface area contributed by atoms with E-state index < -0.39 is 12.0 Å². The first-order valence-electron chi connectivity index (χ1n) is 15.4. The number of likely N-dealkylation sites (tertiary alicyclic amines) is 1. The van der Waals surface area contributed by atoms with Crippen molar-refractivity contribution in [2.75, 3.05) is 52.4 Å². The number of nitrogens with one attached hydrogen (secondary N) is 1. The van der Waals surface area contributed by atoms with Crippen molar-refractivity contribution < 1.29 is 28.8 Å². The van der Waals surface area contributed by atoms with Crippen LogP contribution in [0.25, 0.3) is 0 Å². The summed E-state index contributed by atoms with van der Waals surface area (Å²) in [6.07, 6.45) is 6.43. The maximum absolute atomic E-state index is 12.7. The molecule has 3 aliphatic rings. The number of benzene rings is 1. The third-order valence-corrected chi connectivity index (χ3v) is 9.29. The van der Waals surface area contributed by atoms with Crippen LogP contribution < -0.4 is 14.8 Å². The van der Waals surface area contributed by atoms with Crippen molar-refractivity contribution in [3.63, 3.8) is 0 Å². The number of pyridine rings is 1. The second-order valence-corrected chi connectivity index (χ2v) is 12.5. The summed E-state index contributed by atoms with van der Waals surface area (Å²) < 4.78 is 23.8. The first-order valence-corrected chi connectivity index (χ1v) is 15.4. The number of aromatic nitrogens is 1. The lowest BCUT2D eigenvalue weighted by atomic mass is 9.81. The Morgan fingerprint density at radius 3 is 2.83 bits per heavy atom. The van der Waals surface area contributed by atoms with Crippen molar-refractivity contribution in [1.29, 1.82) is 0 Å². The van der Waals surface area contributed by atoms with Gasteiger partial charge < -0.3 is 29.4 Å². The summed E-state index contributed by atoms with van der Waals surface area (Å²) in [7, 11) is 3.44. The van der Waals surface area contributed by atoms with Gasteiger partial charge in [0.05, 0.1) is 25.4 Å². The molecule has 1 saturated heterocycles. The van der Waals surface area contributed by atoms with Gasteiger partial charge in [-0.2, -0.15) is 0 Å². The second kappa shape index (κ2) is 13.2. The Kier molecular flexibility index (Phi) is 9.60. The number of rotatable bonds is 12. The molecule has 230 valence electrons. The molecule has 0 bridgehead atoms. The number of ether oxygens (including phenoxy) is 4. The molecule has 0 radical (unpaired) electrons. The van der Waals surface area contributed by atoms with Crippen LogP contribution in [0.15, 0.2) is 18.2 Å². The minimum absolute atomic E-state index is 0.0232. The number of hydrogen-bond acceptors (Lipinski definition) is 8. The van der Waals surface area contributed by atoms with Crippen molar-refractivity contribution >= 4 is 11.8 Å². The Bertz CT molecular complexity index is 1250. The topological polar surface area (TPSA) is 102 Å². The fourth-order valence-electron chi connectivity index (χ4n) is 6.55. The van der Waals surface area contributed by atoms with Crippen molar-refractivity contribution in [3.8, 4) is 11.5 Å². The van der Waals surface area contributed by atoms with Crippen LogP contribution in [0.5, 0.6) is 11.5 Å². The van der Waals surface area contributed by atoms with Gasteiger partial charge in [-0.25, -0.2) is 4.98 Å². The summed E-state index contributed by atoms with van der Waals surface area (Å²) >= 11 is 0. The summed E-state index contributed by atoms with van der Waals surface area (Å²) in [5.74, 6) is 1.99. The molecule has 1 aromatic heterocycles. The first-order chi connectivity index (χ1) is 20.2. The number of carbonyl (C=O) groups is 1. The highest BCUT2D eigenvalue weighted by Gasteiger charge is 2.40. The van der Waals surface area contributed by atoms with Crippen molar-refractivity contribution in [1.82, 2.24) is 9.88 Å². The largest absolute Gasteiger partial charge is 0.496 e. The van der Waals surface area contributed by atoms with Crippen LogP contribution in [0, 0.1) is 12.8 Å². The van der Waals surface area contributed by atoms with Gasteiger partial charge in [-0.1, -0.05) is 6.07 Å². The number of methoxy groups -OCH3 is 2. The third-order valence-electron chi connectivity index (χ3n) is 9.29. The molecule has 42 heavy (non-hydrogen) atoms. The van der Waals surface area contributed by atoms with Crippen LogP contribution in [0.2, 0.25) is 0 Å². The lowest BCUT2D eigenvalue weighted by Crippen LogP contribution is -2.41. The van der Waals surface area contributed by atoms with Crippen molar-refractivity contribution in [3.05, 3.63) is 46.1 Å². The Hall–Kier alpha value is -2.88. The van der Waals surface area contributed by atoms with E-state index in [1.807, 2.05) is 19.1 Å². The van der Waals surface area contributed by atoms with Gasteiger partial charge in [0.2, 0.25) is 0 Å². The van der Waals surface area contributed by atoms with Gasteiger partial charge in [-0.05, 0) is 82.9 Å². The maximum Gasteiger partial charge on any atom is 0.325 e. The standard InChI is InChI=1S/C33H47N3O6/c1-21-15-27(26-17-22(33(2,3)40-5)20-42-29(26)16-21)30(32(37)38)36-13-11-24(19-36)41-14-7-6-9-23-18-28(39-4)25-10-8-12-34-31(25)35-23/h15-16,18,22,24,30H,6-14,17,19-20H2,1-5H3,(H,34,35)(H,37,38)/t22?,24-,30-/m1/s1. The first kappa shape index (κ1) is 30.6. The molecule has 1 unspecified atom stereocenters. The molecular weight excluding hydrogens is 534 g/mol. The lowest BCUT2D eigenvalue weighted by molar-refractivity contribution is -0.143. The molecule has 3 aliphatic heterocycles. The van der Waals surface area contributed by atoms with Crippen molar-refractivity contribution in [2.45, 2.75) is 83.5 Å². The minimum atomic E-state index is -0.834. The Morgan fingerprint density at radius 1 is 1.24 bits per heavy atom. The van der Waals surface area contributed by atoms with E-state index in [0.29, 0.717) is 26.3 Å². The summed E-state index contributed by atoms with van der Waals surface area (Å²) in [6, 6.07) is 5.38. The monoisotopic (exact) mass is 581 g/mol. The number of carboxylic acids is 1. The average Bonchev–Trinajstić information content (AvgIpc) is 3.44. The number of nitrogens with zero attached hydrogens (tertiary/aromatic N) is 2. The molecule has 3 atom stereocenters. The predicted molar refractivity (Wildman–Crippen MR) is 162 cm³/mol. The Morgan fingerprint density at radius 2 is 2.07 bits per heavy atom. The highest BCUT2D eigenvalue weighted by molar-refractivity contribution is 5.77. The van der Waals surface area contributed by atoms with Gasteiger partial charge in [-0.15, -0.1) is 0 Å². The number of unbranched alkanes of at least 4 members (excludes halogenated alkanes) is 1. The molecule has 5 rings (SSSR count). The molecule has 4 heterocycles. The summed E-state index contributed by atoms with van der Waals surface area (Å²) in [4.78, 5) is 19.6. The number of aliphatic carboxylic acids is 1. The van der Waals surface area contributed by atoms with E-state index >= 15 is 0 Å². The van der Waals surface area contributed by atoms with Crippen LogP contribution >= 0.6 is 0 Å². The zero-order valence-corrected chi connectivity index (χ0v) is 25.8. The molecule has 1 aromatic carbocycles. The maximum atomic E-state index is 12.7. The average molecular weight is 582 g/mol. The summed E-state index contributed by atoms with van der Waals surface area (Å²) in [6.45, 7) is 9.57. The molecule has 2 N–H and O–H groups in total. The van der Waals surface area contributed by atoms with Gasteiger partial charge in [0.1, 0.15) is 23.4 Å². The van der Waals surface area contributed by atoms with E-state index in [2.05, 4.69) is 30.1 Å². The SMILES string of the molecule is COc1cc(CCCCO[C@@H]2CCN([C@@H](C(=O)O)c3cc(C)cc4c3CC(C(C)(C)OC)CO4)C2)nc2c1CCCN2. The summed E-state index contributed by atoms with van der Waals surface area (Å²) in [5, 5.41) is 13.8. The molecule has 2 aromatic rings. The van der Waals surface area contributed by atoms with E-state index in [9.17, 15) is 9.90 Å². The van der Waals surface area contributed by atoms with Crippen molar-refractivity contribution in [2.24, 2.45) is 5.92 Å². The smallest absolute Gasteiger partial charge is 0.325 e. The van der Waals surface area contributed by atoms with Crippen LogP contribution in [0.3, 0.4) is 0 Å². The predicted octanol–water partition coefficient (Wildman–Crippen LogP) is 4.97. The van der Waals surface area contributed by atoms with Crippen LogP contribution in [0.4, 0.5) is 5.82 Å². The number of hydrogen-bond donors (Lipinski definition) is 2. The molecule has 0 aliphatic carbocycles. The van der Waals surface area contributed by atoms with E-state index in [1.54, 1.807) is 14.2 Å². The highest BCUT2D eigenvalue weighted by atomic mass is 16.5. The molecule has 9 nitrogen and oxygen atoms in total. The molecule has 1 fully saturated rings. The summed E-state index contributed by atoms with van der Waals surface area (Å²) in [5.41, 5.74) is 4.67. The zero-order chi connectivity index (χ0) is 29.9.